The van der Waals surface area contributed by atoms with Crippen LogP contribution in [0.5, 0.6) is 5.75 Å². The van der Waals surface area contributed by atoms with Crippen LogP contribution in [0.4, 0.5) is 5.69 Å². The molecule has 3 rings (SSSR count). The minimum atomic E-state index is -0.967. The number of amides is 1. The zero-order chi connectivity index (χ0) is 29.6. The monoisotopic (exact) mass is 565 g/mol. The van der Waals surface area contributed by atoms with Gasteiger partial charge in [0.2, 0.25) is 5.91 Å². The summed E-state index contributed by atoms with van der Waals surface area (Å²) in [5, 5.41) is 12.8. The maximum Gasteiger partial charge on any atom is 0.338 e. The van der Waals surface area contributed by atoms with E-state index >= 15 is 0 Å². The van der Waals surface area contributed by atoms with Gasteiger partial charge in [-0.15, -0.1) is 0 Å². The molecule has 9 nitrogen and oxygen atoms in total. The molecule has 0 aliphatic carbocycles. The number of nitrogens with zero attached hydrogens (tertiary/aromatic N) is 2. The molecule has 10 heteroatoms. The minimum Gasteiger partial charge on any atom is -0.495 e. The van der Waals surface area contributed by atoms with Gasteiger partial charge in [-0.2, -0.15) is 5.26 Å². The molecule has 0 aliphatic heterocycles. The van der Waals surface area contributed by atoms with Gasteiger partial charge in [-0.25, -0.2) is 4.79 Å². The zero-order valence-corrected chi connectivity index (χ0v) is 24.0. The van der Waals surface area contributed by atoms with Gasteiger partial charge in [-0.05, 0) is 70.2 Å². The summed E-state index contributed by atoms with van der Waals surface area (Å²) in [4.78, 5) is 39.2. The topological polar surface area (TPSA) is 120 Å². The number of pyridine rings is 1. The molecule has 2 atom stereocenters. The Balaban J connectivity index is 1.97. The molecule has 210 valence electrons. The van der Waals surface area contributed by atoms with E-state index in [2.05, 4.69) is 11.4 Å². The molecule has 0 radical (unpaired) electrons. The number of halogens is 1. The second-order valence-corrected chi connectivity index (χ2v) is 10.6. The molecule has 0 fully saturated rings. The molecule has 0 saturated carbocycles. The maximum absolute atomic E-state index is 13.5. The van der Waals surface area contributed by atoms with Crippen molar-refractivity contribution in [2.24, 2.45) is 0 Å². The smallest absolute Gasteiger partial charge is 0.338 e. The fourth-order valence-electron chi connectivity index (χ4n) is 3.99. The Morgan fingerprint density at radius 3 is 2.33 bits per heavy atom. The van der Waals surface area contributed by atoms with Crippen LogP contribution in [0.1, 0.15) is 56.1 Å². The molecular weight excluding hydrogens is 534 g/mol. The number of aromatic nitrogens is 1. The lowest BCUT2D eigenvalue weighted by Crippen LogP contribution is -2.35. The Kier molecular flexibility index (Phi) is 9.74. The van der Waals surface area contributed by atoms with Crippen molar-refractivity contribution in [3.63, 3.8) is 0 Å². The van der Waals surface area contributed by atoms with Gasteiger partial charge in [0, 0.05) is 41.4 Å². The molecular formula is C30H32ClN3O6. The summed E-state index contributed by atoms with van der Waals surface area (Å²) in [6.07, 6.45) is 1.26. The molecule has 1 aromatic heterocycles. The lowest BCUT2D eigenvalue weighted by Gasteiger charge is -2.23. The van der Waals surface area contributed by atoms with Crippen LogP contribution in [0.15, 0.2) is 59.5 Å². The van der Waals surface area contributed by atoms with Crippen molar-refractivity contribution in [1.29, 1.82) is 5.26 Å². The van der Waals surface area contributed by atoms with Crippen molar-refractivity contribution in [3.05, 3.63) is 81.2 Å². The number of ether oxygens (including phenoxy) is 3. The van der Waals surface area contributed by atoms with E-state index < -0.39 is 29.1 Å². The van der Waals surface area contributed by atoms with E-state index in [1.807, 2.05) is 0 Å². The molecule has 3 aromatic rings. The molecule has 1 heterocycles. The van der Waals surface area contributed by atoms with Crippen LogP contribution in [0.2, 0.25) is 5.02 Å². The number of nitrogens with one attached hydrogen (secondary N) is 1. The summed E-state index contributed by atoms with van der Waals surface area (Å²) < 4.78 is 17.6. The normalized spacial score (nSPS) is 12.7. The highest BCUT2D eigenvalue weighted by Gasteiger charge is 2.26. The van der Waals surface area contributed by atoms with Crippen LogP contribution in [-0.2, 0) is 14.3 Å². The first kappa shape index (κ1) is 30.4. The summed E-state index contributed by atoms with van der Waals surface area (Å²) in [5.74, 6) is -0.663. The Bertz CT molecular complexity index is 1490. The highest BCUT2D eigenvalue weighted by Crippen LogP contribution is 2.34. The average molecular weight is 566 g/mol. The Labute approximate surface area is 238 Å². The number of nitriles is 1. The van der Waals surface area contributed by atoms with E-state index in [4.69, 9.17) is 25.8 Å². The first-order valence-electron chi connectivity index (χ1n) is 12.5. The van der Waals surface area contributed by atoms with Gasteiger partial charge < -0.3 is 19.5 Å². The highest BCUT2D eigenvalue weighted by molar-refractivity contribution is 6.31. The van der Waals surface area contributed by atoms with E-state index in [1.165, 1.54) is 31.0 Å². The number of carbonyl (C=O) groups excluding carboxylic acids is 2. The molecule has 0 aliphatic rings. The van der Waals surface area contributed by atoms with E-state index in [1.54, 1.807) is 70.2 Å². The largest absolute Gasteiger partial charge is 0.495 e. The minimum absolute atomic E-state index is 0.182. The average Bonchev–Trinajstić information content (AvgIpc) is 2.91. The third-order valence-corrected chi connectivity index (χ3v) is 6.27. The van der Waals surface area contributed by atoms with Crippen LogP contribution in [0, 0.1) is 11.3 Å². The Morgan fingerprint density at radius 1 is 1.07 bits per heavy atom. The first-order valence-corrected chi connectivity index (χ1v) is 12.9. The van der Waals surface area contributed by atoms with Crippen molar-refractivity contribution >= 4 is 29.2 Å². The first-order chi connectivity index (χ1) is 18.9. The second kappa shape index (κ2) is 12.8. The second-order valence-electron chi connectivity index (χ2n) is 10.2. The molecule has 0 saturated heterocycles. The number of benzene rings is 2. The predicted octanol–water partition coefficient (Wildman–Crippen LogP) is 5.61. The molecule has 0 spiro atoms. The number of rotatable bonds is 9. The number of esters is 1. The third kappa shape index (κ3) is 7.50. The van der Waals surface area contributed by atoms with Crippen LogP contribution in [0.3, 0.4) is 0 Å². The summed E-state index contributed by atoms with van der Waals surface area (Å²) in [7, 11) is 2.95. The van der Waals surface area contributed by atoms with Gasteiger partial charge >= 0.3 is 5.97 Å². The third-order valence-electron chi connectivity index (χ3n) is 6.04. The Hall–Kier alpha value is -4.13. The quantitative estimate of drug-likeness (QED) is 0.335. The standard InChI is InChI=1S/C30H32ClN3O6/c1-18(38-5)13-25(28(36)33-22-11-8-19(9-12-22)29(37)40-30(2,3)4)34-17-26(39-6)24(15-27(34)35)23-14-21(31)10-7-20(23)16-32/h7-12,14-15,17-18,25H,13H2,1-6H3,(H,33,36). The number of anilines is 1. The van der Waals surface area contributed by atoms with Gasteiger partial charge in [0.05, 0.1) is 36.6 Å². The van der Waals surface area contributed by atoms with Crippen LogP contribution in [-0.4, -0.2) is 42.4 Å². The van der Waals surface area contributed by atoms with Crippen LogP contribution >= 0.6 is 11.6 Å². The molecule has 0 bridgehead atoms. The fourth-order valence-corrected chi connectivity index (χ4v) is 4.16. The maximum atomic E-state index is 13.5. The van der Waals surface area contributed by atoms with Gasteiger partial charge in [0.25, 0.3) is 5.56 Å². The van der Waals surface area contributed by atoms with Crippen molar-refractivity contribution in [2.45, 2.75) is 51.9 Å². The number of hydrogen-bond acceptors (Lipinski definition) is 7. The lowest BCUT2D eigenvalue weighted by molar-refractivity contribution is -0.120. The van der Waals surface area contributed by atoms with Crippen molar-refractivity contribution in [2.75, 3.05) is 19.5 Å². The fraction of sp³-hybridized carbons (Fsp3) is 0.333. The highest BCUT2D eigenvalue weighted by atomic mass is 35.5. The SMILES string of the molecule is COc1cn(C(CC(C)OC)C(=O)Nc2ccc(C(=O)OC(C)(C)C)cc2)c(=O)cc1-c1cc(Cl)ccc1C#N. The predicted molar refractivity (Wildman–Crippen MR) is 153 cm³/mol. The van der Waals surface area contributed by atoms with E-state index in [0.717, 1.165) is 0 Å². The van der Waals surface area contributed by atoms with Gasteiger partial charge in [-0.3, -0.25) is 14.2 Å². The van der Waals surface area contributed by atoms with E-state index in [-0.39, 0.29) is 18.3 Å². The number of hydrogen-bond donors (Lipinski definition) is 1. The van der Waals surface area contributed by atoms with E-state index in [9.17, 15) is 19.6 Å². The molecule has 1 N–H and O–H groups in total. The molecule has 1 amide bonds. The zero-order valence-electron chi connectivity index (χ0n) is 23.3. The van der Waals surface area contributed by atoms with Crippen molar-refractivity contribution in [3.8, 4) is 22.9 Å². The van der Waals surface area contributed by atoms with Crippen LogP contribution < -0.4 is 15.6 Å². The summed E-state index contributed by atoms with van der Waals surface area (Å²) in [6, 6.07) is 13.5. The van der Waals surface area contributed by atoms with Gasteiger partial charge in [0.1, 0.15) is 17.4 Å². The summed E-state index contributed by atoms with van der Waals surface area (Å²) >= 11 is 6.16. The number of methoxy groups -OCH3 is 2. The molecule has 40 heavy (non-hydrogen) atoms. The van der Waals surface area contributed by atoms with Gasteiger partial charge in [0.15, 0.2) is 0 Å². The van der Waals surface area contributed by atoms with Crippen molar-refractivity contribution in [1.82, 2.24) is 4.57 Å². The lowest BCUT2D eigenvalue weighted by atomic mass is 10.00. The molecule has 2 aromatic carbocycles. The molecule has 2 unspecified atom stereocenters. The summed E-state index contributed by atoms with van der Waals surface area (Å²) in [5.41, 5.74) is 0.780. The summed E-state index contributed by atoms with van der Waals surface area (Å²) in [6.45, 7) is 7.13. The van der Waals surface area contributed by atoms with Crippen LogP contribution in [0.25, 0.3) is 11.1 Å². The van der Waals surface area contributed by atoms with E-state index in [0.29, 0.717) is 33.0 Å². The van der Waals surface area contributed by atoms with Crippen molar-refractivity contribution < 1.29 is 23.8 Å². The van der Waals surface area contributed by atoms with Gasteiger partial charge in [-0.1, -0.05) is 11.6 Å². The Morgan fingerprint density at radius 2 is 1.75 bits per heavy atom. The number of carbonyl (C=O) groups is 2.